The van der Waals surface area contributed by atoms with Crippen molar-refractivity contribution in [1.29, 1.82) is 0 Å². The molecule has 13 atom stereocenters. The van der Waals surface area contributed by atoms with E-state index in [1.54, 1.807) is 13.0 Å². The van der Waals surface area contributed by atoms with Crippen LogP contribution in [0.2, 0.25) is 0 Å². The number of ether oxygens (including phenoxy) is 3. The number of rotatable bonds is 3. The summed E-state index contributed by atoms with van der Waals surface area (Å²) in [6.07, 6.45) is 2.01. The second-order valence-electron chi connectivity index (χ2n) is 13.7. The van der Waals surface area contributed by atoms with Crippen molar-refractivity contribution in [3.05, 3.63) is 11.6 Å². The van der Waals surface area contributed by atoms with Crippen LogP contribution in [0.4, 0.5) is 0 Å². The van der Waals surface area contributed by atoms with Crippen LogP contribution in [0, 0.1) is 28.6 Å². The Bertz CT molecular complexity index is 1000. The van der Waals surface area contributed by atoms with E-state index < -0.39 is 41.9 Å². The smallest absolute Gasteiger partial charge is 0.331 e. The molecule has 0 aromatic heterocycles. The molecular weight excluding hydrogens is 492 g/mol. The van der Waals surface area contributed by atoms with Crippen molar-refractivity contribution in [2.45, 2.75) is 127 Å². The summed E-state index contributed by atoms with van der Waals surface area (Å²) in [7, 11) is 0. The van der Waals surface area contributed by atoms with Gasteiger partial charge in [0.05, 0.1) is 23.4 Å². The van der Waals surface area contributed by atoms with E-state index >= 15 is 0 Å². The van der Waals surface area contributed by atoms with Crippen molar-refractivity contribution in [3.63, 3.8) is 0 Å². The molecule has 0 radical (unpaired) electrons. The van der Waals surface area contributed by atoms with E-state index in [1.807, 2.05) is 0 Å². The molecule has 0 amide bonds. The molecule has 2 heterocycles. The molecule has 4 saturated carbocycles. The molecule has 2 aliphatic heterocycles. The average Bonchev–Trinajstić information content (AvgIpc) is 3.41. The summed E-state index contributed by atoms with van der Waals surface area (Å²) in [5.41, 5.74) is -1.51. The highest BCUT2D eigenvalue weighted by atomic mass is 16.7. The first-order chi connectivity index (χ1) is 17.8. The molecule has 6 aliphatic rings. The molecule has 0 spiro atoms. The minimum Gasteiger partial charge on any atom is -0.458 e. The van der Waals surface area contributed by atoms with Crippen molar-refractivity contribution in [2.75, 3.05) is 6.61 Å². The Kier molecular flexibility index (Phi) is 6.40. The van der Waals surface area contributed by atoms with Gasteiger partial charge in [0.2, 0.25) is 0 Å². The number of carbonyl (C=O) groups excluding carboxylic acids is 1. The Morgan fingerprint density at radius 3 is 2.32 bits per heavy atom. The second-order valence-corrected chi connectivity index (χ2v) is 13.7. The van der Waals surface area contributed by atoms with Gasteiger partial charge in [-0.05, 0) is 87.0 Å². The predicted octanol–water partition coefficient (Wildman–Crippen LogP) is 1.57. The van der Waals surface area contributed by atoms with Gasteiger partial charge in [-0.1, -0.05) is 13.8 Å². The summed E-state index contributed by atoms with van der Waals surface area (Å²) in [4.78, 5) is 11.8. The maximum absolute atomic E-state index is 12.4. The van der Waals surface area contributed by atoms with Gasteiger partial charge in [-0.3, -0.25) is 0 Å². The van der Waals surface area contributed by atoms with Crippen LogP contribution in [0.25, 0.3) is 0 Å². The summed E-state index contributed by atoms with van der Waals surface area (Å²) in [5.74, 6) is 0.0978. The third-order valence-corrected chi connectivity index (χ3v) is 12.2. The van der Waals surface area contributed by atoms with Gasteiger partial charge in [-0.15, -0.1) is 0 Å². The van der Waals surface area contributed by atoms with Crippen LogP contribution < -0.4 is 0 Å². The van der Waals surface area contributed by atoms with E-state index in [0.29, 0.717) is 32.3 Å². The summed E-state index contributed by atoms with van der Waals surface area (Å²) < 4.78 is 17.0. The standard InChI is InChI=1S/C29H44O9/c1-15-22(31)23(32)24(33)25(37-15)38-17-4-8-26(2)19-5-9-27(3)18(16-12-21(30)36-14-16)7-11-29(27,35)20(19)6-10-28(26,34)13-17/h12,15,17-20,22-25,31-35H,4-11,13-14H2,1-3H3/t15-,17+,18-,19+,20-,22+,23+,24-,25?,26-,27-,28+,29+/m1/s1. The lowest BCUT2D eigenvalue weighted by atomic mass is 9.42. The molecule has 0 bridgehead atoms. The number of hydrogen-bond acceptors (Lipinski definition) is 9. The van der Waals surface area contributed by atoms with Gasteiger partial charge < -0.3 is 39.7 Å². The third kappa shape index (κ3) is 3.65. The molecule has 5 N–H and O–H groups in total. The Balaban J connectivity index is 1.19. The maximum atomic E-state index is 12.4. The lowest BCUT2D eigenvalue weighted by molar-refractivity contribution is -0.319. The highest BCUT2D eigenvalue weighted by molar-refractivity contribution is 5.85. The fraction of sp³-hybridized carbons (Fsp3) is 0.897. The number of fused-ring (bicyclic) bond motifs is 5. The zero-order chi connectivity index (χ0) is 27.3. The van der Waals surface area contributed by atoms with Crippen molar-refractivity contribution in [3.8, 4) is 0 Å². The number of hydrogen-bond donors (Lipinski definition) is 5. The monoisotopic (exact) mass is 536 g/mol. The van der Waals surface area contributed by atoms with Crippen molar-refractivity contribution < 1.29 is 44.5 Å². The van der Waals surface area contributed by atoms with Crippen molar-refractivity contribution in [2.24, 2.45) is 28.6 Å². The second kappa shape index (κ2) is 8.96. The quantitative estimate of drug-likeness (QED) is 0.268. The molecule has 6 rings (SSSR count). The number of carbonyl (C=O) groups is 1. The average molecular weight is 537 g/mol. The minimum absolute atomic E-state index is 0.0774. The maximum Gasteiger partial charge on any atom is 0.331 e. The van der Waals surface area contributed by atoms with Gasteiger partial charge >= 0.3 is 5.97 Å². The van der Waals surface area contributed by atoms with Crippen molar-refractivity contribution >= 4 is 5.97 Å². The lowest BCUT2D eigenvalue weighted by Crippen LogP contribution is -2.67. The topological polar surface area (TPSA) is 146 Å². The van der Waals surface area contributed by atoms with Crippen LogP contribution in [0.15, 0.2) is 11.6 Å². The number of aliphatic hydroxyl groups is 5. The Labute approximate surface area is 224 Å². The molecule has 214 valence electrons. The summed E-state index contributed by atoms with van der Waals surface area (Å²) >= 11 is 0. The zero-order valence-electron chi connectivity index (χ0n) is 22.7. The number of esters is 1. The minimum atomic E-state index is -1.36. The third-order valence-electron chi connectivity index (χ3n) is 12.2. The van der Waals surface area contributed by atoms with Gasteiger partial charge in [0, 0.05) is 17.9 Å². The normalized spacial score (nSPS) is 56.5. The highest BCUT2D eigenvalue weighted by Gasteiger charge is 2.70. The lowest BCUT2D eigenvalue weighted by Gasteiger charge is -2.66. The SMILES string of the molecule is C[C@H]1OC(O[C@H]2CC[C@]3(C)[C@H]4CC[C@]5(C)[C@@H](C6=CC(=O)OC6)CC[C@]5(O)[C@@H]4CC[C@]3(O)C2)[C@H](O)[C@@H](O)[C@H]1O. The molecular formula is C29H44O9. The van der Waals surface area contributed by atoms with E-state index in [0.717, 1.165) is 37.7 Å². The summed E-state index contributed by atoms with van der Waals surface area (Å²) in [5, 5.41) is 55.1. The molecule has 1 unspecified atom stereocenters. The first kappa shape index (κ1) is 27.1. The van der Waals surface area contributed by atoms with Crippen LogP contribution in [0.1, 0.15) is 78.6 Å². The molecule has 0 aromatic rings. The van der Waals surface area contributed by atoms with Gasteiger partial charge in [0.15, 0.2) is 6.29 Å². The molecule has 1 saturated heterocycles. The van der Waals surface area contributed by atoms with Gasteiger partial charge in [0.25, 0.3) is 0 Å². The first-order valence-electron chi connectivity index (χ1n) is 14.5. The molecule has 0 aromatic carbocycles. The number of cyclic esters (lactones) is 1. The molecule has 38 heavy (non-hydrogen) atoms. The fourth-order valence-corrected chi connectivity index (χ4v) is 9.80. The first-order valence-corrected chi connectivity index (χ1v) is 14.5. The van der Waals surface area contributed by atoms with Gasteiger partial charge in [-0.2, -0.15) is 0 Å². The number of aliphatic hydroxyl groups excluding tert-OH is 3. The van der Waals surface area contributed by atoms with E-state index in [-0.39, 0.29) is 40.7 Å². The Hall–Kier alpha value is -1.07. The van der Waals surface area contributed by atoms with E-state index in [1.165, 1.54) is 0 Å². The van der Waals surface area contributed by atoms with Gasteiger partial charge in [-0.25, -0.2) is 4.79 Å². The van der Waals surface area contributed by atoms with Crippen LogP contribution in [-0.4, -0.2) is 86.1 Å². The summed E-state index contributed by atoms with van der Waals surface area (Å²) in [6.45, 7) is 6.33. The molecule has 5 fully saturated rings. The van der Waals surface area contributed by atoms with Crippen LogP contribution in [0.5, 0.6) is 0 Å². The van der Waals surface area contributed by atoms with E-state index in [9.17, 15) is 30.3 Å². The van der Waals surface area contributed by atoms with Gasteiger partial charge in [0.1, 0.15) is 24.9 Å². The highest BCUT2D eigenvalue weighted by Crippen LogP contribution is 2.70. The van der Waals surface area contributed by atoms with Crippen LogP contribution in [-0.2, 0) is 19.0 Å². The predicted molar refractivity (Wildman–Crippen MR) is 134 cm³/mol. The summed E-state index contributed by atoms with van der Waals surface area (Å²) in [6, 6.07) is 0. The fourth-order valence-electron chi connectivity index (χ4n) is 9.80. The molecule has 9 nitrogen and oxygen atoms in total. The van der Waals surface area contributed by atoms with Crippen LogP contribution >= 0.6 is 0 Å². The molecule has 4 aliphatic carbocycles. The largest absolute Gasteiger partial charge is 0.458 e. The van der Waals surface area contributed by atoms with E-state index in [2.05, 4.69) is 13.8 Å². The Morgan fingerprint density at radius 1 is 0.895 bits per heavy atom. The van der Waals surface area contributed by atoms with Crippen LogP contribution in [0.3, 0.4) is 0 Å². The van der Waals surface area contributed by atoms with E-state index in [4.69, 9.17) is 14.2 Å². The van der Waals surface area contributed by atoms with Crippen molar-refractivity contribution in [1.82, 2.24) is 0 Å². The zero-order valence-corrected chi connectivity index (χ0v) is 22.7. The molecule has 9 heteroatoms. The Morgan fingerprint density at radius 2 is 1.61 bits per heavy atom.